The quantitative estimate of drug-likeness (QED) is 0.775. The van der Waals surface area contributed by atoms with Gasteiger partial charge < -0.3 is 15.2 Å². The maximum Gasteiger partial charge on any atom is 0.125 e. The molecule has 0 saturated carbocycles. The van der Waals surface area contributed by atoms with E-state index in [4.69, 9.17) is 4.74 Å². The summed E-state index contributed by atoms with van der Waals surface area (Å²) in [6.45, 7) is 9.38. The number of aryl methyl sites for hydroxylation is 2. The Labute approximate surface area is 161 Å². The lowest BCUT2D eigenvalue weighted by Gasteiger charge is -2.49. The Morgan fingerprint density at radius 3 is 2.78 bits per heavy atom. The highest BCUT2D eigenvalue weighted by atomic mass is 16.5. The maximum absolute atomic E-state index is 10.3. The molecule has 1 aromatic carbocycles. The van der Waals surface area contributed by atoms with E-state index in [1.165, 1.54) is 5.56 Å². The van der Waals surface area contributed by atoms with Gasteiger partial charge in [-0.2, -0.15) is 0 Å². The van der Waals surface area contributed by atoms with Gasteiger partial charge in [0.2, 0.25) is 0 Å². The van der Waals surface area contributed by atoms with E-state index in [9.17, 15) is 5.11 Å². The SMILES string of the molecule is Cc1ncc(CNC[C@]2(CO)COC[C@@H](C)N2Cc2ccccc2)c(C)n1. The third-order valence-corrected chi connectivity index (χ3v) is 5.33. The molecule has 1 aliphatic heterocycles. The molecule has 2 aromatic rings. The summed E-state index contributed by atoms with van der Waals surface area (Å²) < 4.78 is 5.83. The summed E-state index contributed by atoms with van der Waals surface area (Å²) in [7, 11) is 0. The van der Waals surface area contributed by atoms with Crippen LogP contribution in [0.4, 0.5) is 0 Å². The van der Waals surface area contributed by atoms with Crippen LogP contribution in [0, 0.1) is 13.8 Å². The molecule has 1 aliphatic rings. The molecule has 27 heavy (non-hydrogen) atoms. The zero-order valence-corrected chi connectivity index (χ0v) is 16.5. The van der Waals surface area contributed by atoms with E-state index in [-0.39, 0.29) is 12.6 Å². The molecule has 0 bridgehead atoms. The van der Waals surface area contributed by atoms with Crippen molar-refractivity contribution in [1.29, 1.82) is 0 Å². The topological polar surface area (TPSA) is 70.5 Å². The summed E-state index contributed by atoms with van der Waals surface area (Å²) in [5, 5.41) is 13.8. The van der Waals surface area contributed by atoms with Gasteiger partial charge in [0.05, 0.1) is 25.4 Å². The average Bonchev–Trinajstić information content (AvgIpc) is 2.67. The van der Waals surface area contributed by atoms with Crippen LogP contribution < -0.4 is 5.32 Å². The minimum Gasteiger partial charge on any atom is -0.394 e. The molecule has 1 saturated heterocycles. The monoisotopic (exact) mass is 370 g/mol. The van der Waals surface area contributed by atoms with Crippen molar-refractivity contribution >= 4 is 0 Å². The van der Waals surface area contributed by atoms with Crippen molar-refractivity contribution in [1.82, 2.24) is 20.2 Å². The maximum atomic E-state index is 10.3. The Morgan fingerprint density at radius 2 is 2.07 bits per heavy atom. The third kappa shape index (κ3) is 4.71. The first-order chi connectivity index (χ1) is 13.0. The van der Waals surface area contributed by atoms with Crippen molar-refractivity contribution in [2.75, 3.05) is 26.4 Å². The van der Waals surface area contributed by atoms with E-state index < -0.39 is 5.54 Å². The van der Waals surface area contributed by atoms with Crippen molar-refractivity contribution < 1.29 is 9.84 Å². The lowest BCUT2D eigenvalue weighted by atomic mass is 9.94. The second-order valence-electron chi connectivity index (χ2n) is 7.49. The Morgan fingerprint density at radius 1 is 1.30 bits per heavy atom. The Hall–Kier alpha value is -1.86. The predicted molar refractivity (Wildman–Crippen MR) is 105 cm³/mol. The fourth-order valence-electron chi connectivity index (χ4n) is 3.72. The Bertz CT molecular complexity index is 740. The highest BCUT2D eigenvalue weighted by Crippen LogP contribution is 2.26. The lowest BCUT2D eigenvalue weighted by molar-refractivity contribution is -0.122. The molecule has 0 unspecified atom stereocenters. The van der Waals surface area contributed by atoms with Gasteiger partial charge in [0, 0.05) is 43.1 Å². The summed E-state index contributed by atoms with van der Waals surface area (Å²) in [6, 6.07) is 10.6. The molecule has 146 valence electrons. The molecule has 0 aliphatic carbocycles. The van der Waals surface area contributed by atoms with E-state index in [0.29, 0.717) is 26.3 Å². The van der Waals surface area contributed by atoms with Crippen LogP contribution >= 0.6 is 0 Å². The first kappa shape index (κ1) is 19.9. The summed E-state index contributed by atoms with van der Waals surface area (Å²) in [6.07, 6.45) is 1.87. The summed E-state index contributed by atoms with van der Waals surface area (Å²) in [5.74, 6) is 0.784. The van der Waals surface area contributed by atoms with Gasteiger partial charge in [0.1, 0.15) is 5.82 Å². The Kier molecular flexibility index (Phi) is 6.55. The fraction of sp³-hybridized carbons (Fsp3) is 0.524. The van der Waals surface area contributed by atoms with Gasteiger partial charge >= 0.3 is 0 Å². The number of morpholine rings is 1. The van der Waals surface area contributed by atoms with Gasteiger partial charge in [-0.15, -0.1) is 0 Å². The molecule has 6 nitrogen and oxygen atoms in total. The van der Waals surface area contributed by atoms with Gasteiger partial charge in [-0.3, -0.25) is 4.90 Å². The summed E-state index contributed by atoms with van der Waals surface area (Å²) >= 11 is 0. The summed E-state index contributed by atoms with van der Waals surface area (Å²) in [4.78, 5) is 11.1. The van der Waals surface area contributed by atoms with Crippen LogP contribution in [-0.2, 0) is 17.8 Å². The number of ether oxygens (including phenoxy) is 1. The van der Waals surface area contributed by atoms with Crippen LogP contribution in [0.5, 0.6) is 0 Å². The van der Waals surface area contributed by atoms with E-state index >= 15 is 0 Å². The molecule has 2 N–H and O–H groups in total. The van der Waals surface area contributed by atoms with Crippen LogP contribution in [0.15, 0.2) is 36.5 Å². The molecule has 3 rings (SSSR count). The number of nitrogens with zero attached hydrogens (tertiary/aromatic N) is 3. The van der Waals surface area contributed by atoms with Crippen molar-refractivity contribution in [2.45, 2.75) is 45.4 Å². The van der Waals surface area contributed by atoms with E-state index in [2.05, 4.69) is 51.4 Å². The van der Waals surface area contributed by atoms with Crippen LogP contribution in [0.1, 0.15) is 29.6 Å². The van der Waals surface area contributed by atoms with E-state index in [0.717, 1.165) is 23.6 Å². The minimum absolute atomic E-state index is 0.0422. The average molecular weight is 370 g/mol. The predicted octanol–water partition coefficient (Wildman–Crippen LogP) is 1.84. The molecule has 2 atom stereocenters. The van der Waals surface area contributed by atoms with E-state index in [1.807, 2.05) is 26.1 Å². The molecule has 0 radical (unpaired) electrons. The van der Waals surface area contributed by atoms with Gasteiger partial charge in [-0.05, 0) is 26.3 Å². The molecule has 6 heteroatoms. The third-order valence-electron chi connectivity index (χ3n) is 5.33. The van der Waals surface area contributed by atoms with Crippen LogP contribution in [0.3, 0.4) is 0 Å². The van der Waals surface area contributed by atoms with Crippen molar-refractivity contribution in [3.63, 3.8) is 0 Å². The van der Waals surface area contributed by atoms with Gasteiger partial charge in [0.15, 0.2) is 0 Å². The Balaban J connectivity index is 1.71. The number of hydrogen-bond donors (Lipinski definition) is 2. The first-order valence-corrected chi connectivity index (χ1v) is 9.53. The second kappa shape index (κ2) is 8.89. The standard InChI is InChI=1S/C21H30N4O2/c1-16-12-27-15-21(14-26,25(16)11-19-7-5-4-6-8-19)13-22-9-20-10-23-18(3)24-17(20)2/h4-8,10,16,22,26H,9,11-15H2,1-3H3/t16-,21+/m1/s1. The second-order valence-corrected chi connectivity index (χ2v) is 7.49. The van der Waals surface area contributed by atoms with Crippen LogP contribution in [-0.4, -0.2) is 57.9 Å². The van der Waals surface area contributed by atoms with E-state index in [1.54, 1.807) is 0 Å². The number of aromatic nitrogens is 2. The van der Waals surface area contributed by atoms with Crippen molar-refractivity contribution in [3.05, 3.63) is 59.2 Å². The van der Waals surface area contributed by atoms with Crippen molar-refractivity contribution in [2.24, 2.45) is 0 Å². The number of hydrogen-bond acceptors (Lipinski definition) is 6. The number of nitrogens with one attached hydrogen (secondary N) is 1. The molecular formula is C21H30N4O2. The molecular weight excluding hydrogens is 340 g/mol. The number of aliphatic hydroxyl groups excluding tert-OH is 1. The van der Waals surface area contributed by atoms with Gasteiger partial charge in [-0.25, -0.2) is 9.97 Å². The summed E-state index contributed by atoms with van der Waals surface area (Å²) in [5.41, 5.74) is 2.86. The zero-order valence-electron chi connectivity index (χ0n) is 16.5. The first-order valence-electron chi connectivity index (χ1n) is 9.53. The largest absolute Gasteiger partial charge is 0.394 e. The number of rotatable bonds is 7. The normalized spacial score (nSPS) is 23.5. The highest BCUT2D eigenvalue weighted by molar-refractivity contribution is 5.17. The number of benzene rings is 1. The molecule has 2 heterocycles. The van der Waals surface area contributed by atoms with Crippen LogP contribution in [0.25, 0.3) is 0 Å². The lowest BCUT2D eigenvalue weighted by Crippen LogP contribution is -2.66. The molecule has 0 amide bonds. The van der Waals surface area contributed by atoms with Gasteiger partial charge in [-0.1, -0.05) is 30.3 Å². The molecule has 1 fully saturated rings. The zero-order chi connectivity index (χ0) is 19.3. The highest BCUT2D eigenvalue weighted by Gasteiger charge is 2.42. The molecule has 1 aromatic heterocycles. The molecule has 0 spiro atoms. The fourth-order valence-corrected chi connectivity index (χ4v) is 3.72. The smallest absolute Gasteiger partial charge is 0.125 e. The minimum atomic E-state index is -0.451. The van der Waals surface area contributed by atoms with Crippen LogP contribution in [0.2, 0.25) is 0 Å². The number of aliphatic hydroxyl groups is 1. The van der Waals surface area contributed by atoms with Crippen molar-refractivity contribution in [3.8, 4) is 0 Å². The van der Waals surface area contributed by atoms with Gasteiger partial charge in [0.25, 0.3) is 0 Å².